The second-order valence-corrected chi connectivity index (χ2v) is 10.1. The van der Waals surface area contributed by atoms with Gasteiger partial charge in [0, 0.05) is 43.6 Å². The minimum Gasteiger partial charge on any atom is -0.405 e. The highest BCUT2D eigenvalue weighted by molar-refractivity contribution is 5.77. The van der Waals surface area contributed by atoms with Crippen LogP contribution in [0.4, 0.5) is 50.9 Å². The molecule has 2 aromatic carbocycles. The lowest BCUT2D eigenvalue weighted by Gasteiger charge is -2.36. The minimum absolute atomic E-state index is 0.00633. The number of hydrogen-bond donors (Lipinski definition) is 1. The van der Waals surface area contributed by atoms with Gasteiger partial charge in [-0.1, -0.05) is 0 Å². The molecule has 2 aliphatic rings. The van der Waals surface area contributed by atoms with Crippen LogP contribution in [-0.2, 0) is 21.9 Å². The molecular weight excluding hydrogens is 585 g/mol. The van der Waals surface area contributed by atoms with E-state index in [1.165, 1.54) is 12.1 Å². The average Bonchev–Trinajstić information content (AvgIpc) is 2.91. The van der Waals surface area contributed by atoms with Crippen LogP contribution in [0.25, 0.3) is 0 Å². The summed E-state index contributed by atoms with van der Waals surface area (Å²) in [5.41, 5.74) is -1.63. The van der Waals surface area contributed by atoms with Crippen molar-refractivity contribution in [3.05, 3.63) is 53.6 Å². The van der Waals surface area contributed by atoms with Crippen molar-refractivity contribution in [3.8, 4) is 5.75 Å². The molecule has 1 saturated heterocycles. The Balaban J connectivity index is 1.20. The van der Waals surface area contributed by atoms with Crippen LogP contribution in [0.1, 0.15) is 36.8 Å². The Morgan fingerprint density at radius 1 is 0.810 bits per heavy atom. The van der Waals surface area contributed by atoms with E-state index in [1.54, 1.807) is 4.90 Å². The molecule has 1 aliphatic carbocycles. The molecule has 1 N–H and O–H groups in total. The third kappa shape index (κ3) is 8.58. The summed E-state index contributed by atoms with van der Waals surface area (Å²) in [4.78, 5) is 16.2. The zero-order valence-corrected chi connectivity index (χ0v) is 22.1. The van der Waals surface area contributed by atoms with Gasteiger partial charge in [-0.15, -0.1) is 13.2 Å². The van der Waals surface area contributed by atoms with Gasteiger partial charge in [-0.05, 0) is 68.1 Å². The average molecular weight is 614 g/mol. The molecule has 0 unspecified atom stereocenters. The first-order valence-electron chi connectivity index (χ1n) is 13.1. The zero-order valence-electron chi connectivity index (χ0n) is 22.1. The number of nitrogens with zero attached hydrogens (tertiary/aromatic N) is 2. The van der Waals surface area contributed by atoms with Crippen LogP contribution in [0.3, 0.4) is 0 Å². The summed E-state index contributed by atoms with van der Waals surface area (Å²) < 4.78 is 125. The number of anilines is 2. The maximum atomic E-state index is 13.3. The molecule has 2 aromatic rings. The quantitative estimate of drug-likeness (QED) is 0.352. The van der Waals surface area contributed by atoms with E-state index in [2.05, 4.69) is 10.1 Å². The summed E-state index contributed by atoms with van der Waals surface area (Å²) in [5.74, 6) is -1.55. The van der Waals surface area contributed by atoms with E-state index in [0.717, 1.165) is 18.2 Å². The highest BCUT2D eigenvalue weighted by atomic mass is 19.4. The first-order valence-corrected chi connectivity index (χ1v) is 13.1. The molecule has 232 valence electrons. The van der Waals surface area contributed by atoms with Crippen molar-refractivity contribution in [3.63, 3.8) is 0 Å². The molecule has 0 atom stereocenters. The summed E-state index contributed by atoms with van der Waals surface area (Å²) in [7, 11) is 0. The van der Waals surface area contributed by atoms with Crippen molar-refractivity contribution in [2.75, 3.05) is 43.0 Å². The Morgan fingerprint density at radius 2 is 1.43 bits per heavy atom. The van der Waals surface area contributed by atoms with E-state index < -0.39 is 35.6 Å². The Hall–Kier alpha value is -3.36. The number of halogens is 9. The van der Waals surface area contributed by atoms with Crippen molar-refractivity contribution in [2.45, 2.75) is 56.5 Å². The number of benzene rings is 2. The molecule has 42 heavy (non-hydrogen) atoms. The Labute approximate surface area is 235 Å². The van der Waals surface area contributed by atoms with Crippen molar-refractivity contribution in [1.82, 2.24) is 4.90 Å². The van der Waals surface area contributed by atoms with Gasteiger partial charge < -0.3 is 24.6 Å². The Morgan fingerprint density at radius 3 is 1.98 bits per heavy atom. The number of ether oxygens (including phenoxy) is 2. The summed E-state index contributed by atoms with van der Waals surface area (Å²) in [5, 5.41) is 2.92. The molecular formula is C27H28F9N3O3. The SMILES string of the molecule is O=C(CO[C@H]1CC[C@@H](Nc2ccc(OC(F)(F)F)c(C(F)(F)F)c2)CC1)N1CCN(c2ccc(C(F)(F)F)cc2)CC1. The normalized spacial score (nSPS) is 20.4. The molecule has 4 rings (SSSR count). The molecule has 1 amide bonds. The van der Waals surface area contributed by atoms with Gasteiger partial charge in [-0.2, -0.15) is 26.3 Å². The summed E-state index contributed by atoms with van der Waals surface area (Å²) in [6, 6.07) is 6.91. The lowest BCUT2D eigenvalue weighted by Crippen LogP contribution is -2.50. The van der Waals surface area contributed by atoms with Gasteiger partial charge in [0.15, 0.2) is 0 Å². The molecule has 0 aromatic heterocycles. The monoisotopic (exact) mass is 613 g/mol. The third-order valence-electron chi connectivity index (χ3n) is 7.19. The molecule has 2 fully saturated rings. The smallest absolute Gasteiger partial charge is 0.405 e. The number of piperazine rings is 1. The van der Waals surface area contributed by atoms with E-state index in [1.807, 2.05) is 4.90 Å². The largest absolute Gasteiger partial charge is 0.573 e. The van der Waals surface area contributed by atoms with E-state index in [4.69, 9.17) is 4.74 Å². The number of nitrogens with one attached hydrogen (secondary N) is 1. The Bertz CT molecular complexity index is 1200. The standard InChI is InChI=1S/C27H28F9N3O3/c28-25(29,30)17-1-6-20(7-2-17)38-11-13-39(14-12-38)24(40)16-41-21-8-3-18(4-9-21)37-19-5-10-23(42-27(34,35)36)22(15-19)26(31,32)33/h1-2,5-7,10,15,18,21,37H,3-4,8-9,11-14,16H2/t18-,21+. The number of hydrogen-bond acceptors (Lipinski definition) is 5. The van der Waals surface area contributed by atoms with Gasteiger partial charge in [0.2, 0.25) is 5.91 Å². The van der Waals surface area contributed by atoms with Gasteiger partial charge in [0.1, 0.15) is 12.4 Å². The zero-order chi connectivity index (χ0) is 30.7. The molecule has 0 spiro atoms. The van der Waals surface area contributed by atoms with Crippen LogP contribution >= 0.6 is 0 Å². The maximum Gasteiger partial charge on any atom is 0.573 e. The van der Waals surface area contributed by atoms with Crippen molar-refractivity contribution in [1.29, 1.82) is 0 Å². The number of carbonyl (C=O) groups excluding carboxylic acids is 1. The van der Waals surface area contributed by atoms with Gasteiger partial charge >= 0.3 is 18.7 Å². The summed E-state index contributed by atoms with van der Waals surface area (Å²) >= 11 is 0. The van der Waals surface area contributed by atoms with Crippen LogP contribution in [0.5, 0.6) is 5.75 Å². The van der Waals surface area contributed by atoms with E-state index >= 15 is 0 Å². The number of carbonyl (C=O) groups is 1. The fourth-order valence-electron chi connectivity index (χ4n) is 5.02. The molecule has 0 bridgehead atoms. The molecule has 1 heterocycles. The second-order valence-electron chi connectivity index (χ2n) is 10.1. The number of alkyl halides is 9. The van der Waals surface area contributed by atoms with E-state index in [0.29, 0.717) is 69.7 Å². The van der Waals surface area contributed by atoms with E-state index in [9.17, 15) is 44.3 Å². The fraction of sp³-hybridized carbons (Fsp3) is 0.519. The van der Waals surface area contributed by atoms with Crippen LogP contribution in [0.2, 0.25) is 0 Å². The number of amides is 1. The third-order valence-corrected chi connectivity index (χ3v) is 7.19. The fourth-order valence-corrected chi connectivity index (χ4v) is 5.02. The lowest BCUT2D eigenvalue weighted by atomic mass is 9.92. The predicted molar refractivity (Wildman–Crippen MR) is 134 cm³/mol. The Kier molecular flexibility index (Phi) is 9.38. The maximum absolute atomic E-state index is 13.3. The van der Waals surface area contributed by atoms with Crippen LogP contribution in [0, 0.1) is 0 Å². The first-order chi connectivity index (χ1) is 19.6. The predicted octanol–water partition coefficient (Wildman–Crippen LogP) is 6.71. The van der Waals surface area contributed by atoms with Crippen molar-refractivity contribution >= 4 is 17.3 Å². The van der Waals surface area contributed by atoms with Gasteiger partial charge in [0.05, 0.1) is 17.2 Å². The van der Waals surface area contributed by atoms with Crippen LogP contribution in [-0.4, -0.2) is 62.1 Å². The first kappa shape index (κ1) is 31.6. The minimum atomic E-state index is -5.27. The second kappa shape index (κ2) is 12.5. The van der Waals surface area contributed by atoms with Crippen LogP contribution < -0.4 is 15.0 Å². The van der Waals surface area contributed by atoms with Gasteiger partial charge in [0.25, 0.3) is 0 Å². The van der Waals surface area contributed by atoms with E-state index in [-0.39, 0.29) is 30.3 Å². The van der Waals surface area contributed by atoms with Crippen molar-refractivity contribution < 1.29 is 53.8 Å². The molecule has 6 nitrogen and oxygen atoms in total. The topological polar surface area (TPSA) is 54.0 Å². The molecule has 15 heteroatoms. The number of rotatable bonds is 7. The molecule has 1 aliphatic heterocycles. The summed E-state index contributed by atoms with van der Waals surface area (Å²) in [6.45, 7) is 1.51. The van der Waals surface area contributed by atoms with Crippen LogP contribution in [0.15, 0.2) is 42.5 Å². The van der Waals surface area contributed by atoms with Gasteiger partial charge in [-0.25, -0.2) is 0 Å². The highest BCUT2D eigenvalue weighted by Gasteiger charge is 2.40. The highest BCUT2D eigenvalue weighted by Crippen LogP contribution is 2.40. The summed E-state index contributed by atoms with van der Waals surface area (Å²) in [6.07, 6.45) is -12.9. The molecule has 0 radical (unpaired) electrons. The lowest BCUT2D eigenvalue weighted by molar-refractivity contribution is -0.276. The van der Waals surface area contributed by atoms with Crippen molar-refractivity contribution in [2.24, 2.45) is 0 Å². The van der Waals surface area contributed by atoms with Gasteiger partial charge in [-0.3, -0.25) is 4.79 Å². The molecule has 1 saturated carbocycles.